The molecular formula is C20H19NO5. The molecule has 0 aromatic heterocycles. The van der Waals surface area contributed by atoms with Crippen molar-refractivity contribution in [3.63, 3.8) is 0 Å². The lowest BCUT2D eigenvalue weighted by Gasteiger charge is -2.34. The fraction of sp³-hybridized carbons (Fsp3) is 0.250. The van der Waals surface area contributed by atoms with Crippen molar-refractivity contribution >= 4 is 23.3 Å². The molecule has 1 aliphatic heterocycles. The van der Waals surface area contributed by atoms with Crippen LogP contribution in [0.5, 0.6) is 5.75 Å². The van der Waals surface area contributed by atoms with Crippen LogP contribution in [0.3, 0.4) is 0 Å². The zero-order valence-electron chi connectivity index (χ0n) is 14.3. The Hall–Kier alpha value is -3.15. The molecule has 1 unspecified atom stereocenters. The van der Waals surface area contributed by atoms with Gasteiger partial charge in [0, 0.05) is 24.1 Å². The number of carboxylic acid groups (broad SMARTS) is 1. The molecule has 6 heteroatoms. The van der Waals surface area contributed by atoms with E-state index in [4.69, 9.17) is 9.84 Å². The summed E-state index contributed by atoms with van der Waals surface area (Å²) in [5.41, 5.74) is 1.60. The molecule has 3 rings (SSSR count). The van der Waals surface area contributed by atoms with Crippen LogP contribution in [0, 0.1) is 0 Å². The third kappa shape index (κ3) is 3.44. The molecule has 1 amide bonds. The van der Waals surface area contributed by atoms with E-state index >= 15 is 0 Å². The predicted octanol–water partition coefficient (Wildman–Crippen LogP) is 3.22. The number of hydrogen-bond donors (Lipinski definition) is 1. The van der Waals surface area contributed by atoms with Gasteiger partial charge in [-0.15, -0.1) is 0 Å². The lowest BCUT2D eigenvalue weighted by atomic mass is 10.0. The van der Waals surface area contributed by atoms with Crippen LogP contribution in [0.15, 0.2) is 48.5 Å². The molecule has 1 N–H and O–H groups in total. The third-order valence-electron chi connectivity index (χ3n) is 4.28. The first-order chi connectivity index (χ1) is 12.5. The van der Waals surface area contributed by atoms with E-state index in [0.717, 1.165) is 0 Å². The van der Waals surface area contributed by atoms with Crippen LogP contribution in [-0.4, -0.2) is 29.3 Å². The van der Waals surface area contributed by atoms with Crippen molar-refractivity contribution in [1.82, 2.24) is 0 Å². The molecule has 1 aliphatic rings. The smallest absolute Gasteiger partial charge is 0.305 e. The van der Waals surface area contributed by atoms with Crippen LogP contribution in [0.4, 0.5) is 5.69 Å². The van der Waals surface area contributed by atoms with Crippen molar-refractivity contribution in [2.75, 3.05) is 11.4 Å². The van der Waals surface area contributed by atoms with E-state index in [1.54, 1.807) is 37.3 Å². The zero-order valence-corrected chi connectivity index (χ0v) is 14.3. The third-order valence-corrected chi connectivity index (χ3v) is 4.28. The Morgan fingerprint density at radius 3 is 2.54 bits per heavy atom. The van der Waals surface area contributed by atoms with Crippen molar-refractivity contribution in [1.29, 1.82) is 0 Å². The van der Waals surface area contributed by atoms with Crippen molar-refractivity contribution in [2.45, 2.75) is 25.9 Å². The minimum atomic E-state index is -0.997. The fourth-order valence-electron chi connectivity index (χ4n) is 2.92. The van der Waals surface area contributed by atoms with Gasteiger partial charge in [-0.1, -0.05) is 37.3 Å². The topological polar surface area (TPSA) is 83.9 Å². The first kappa shape index (κ1) is 17.7. The maximum atomic E-state index is 13.0. The first-order valence-electron chi connectivity index (χ1n) is 8.43. The molecule has 2 aromatic carbocycles. The van der Waals surface area contributed by atoms with Gasteiger partial charge in [-0.25, -0.2) is 0 Å². The van der Waals surface area contributed by atoms with E-state index in [1.807, 2.05) is 18.2 Å². The normalized spacial score (nSPS) is 16.0. The molecule has 6 nitrogen and oxygen atoms in total. The summed E-state index contributed by atoms with van der Waals surface area (Å²) in [5, 5.41) is 9.02. The lowest BCUT2D eigenvalue weighted by molar-refractivity contribution is -0.136. The van der Waals surface area contributed by atoms with E-state index in [1.165, 1.54) is 4.90 Å². The summed E-state index contributed by atoms with van der Waals surface area (Å²) >= 11 is 0. The van der Waals surface area contributed by atoms with E-state index in [0.29, 0.717) is 29.0 Å². The summed E-state index contributed by atoms with van der Waals surface area (Å²) in [4.78, 5) is 37.4. The van der Waals surface area contributed by atoms with Crippen LogP contribution in [0.25, 0.3) is 0 Å². The maximum absolute atomic E-state index is 13.0. The zero-order chi connectivity index (χ0) is 18.7. The molecule has 1 atom stereocenters. The number of aliphatic carboxylic acids is 1. The first-order valence-corrected chi connectivity index (χ1v) is 8.43. The van der Waals surface area contributed by atoms with Crippen LogP contribution in [-0.2, 0) is 9.59 Å². The molecule has 134 valence electrons. The SMILES string of the molecule is CCC(=O)c1ccc2c(c1)N(CCC(=O)O)C(=O)C(c1ccccc1)O2. The summed E-state index contributed by atoms with van der Waals surface area (Å²) in [7, 11) is 0. The highest BCUT2D eigenvalue weighted by Crippen LogP contribution is 2.39. The van der Waals surface area contributed by atoms with Crippen molar-refractivity contribution in [2.24, 2.45) is 0 Å². The Balaban J connectivity index is 2.03. The summed E-state index contributed by atoms with van der Waals surface area (Å²) in [6.45, 7) is 1.77. The van der Waals surface area contributed by atoms with Crippen LogP contribution in [0.1, 0.15) is 41.8 Å². The number of hydrogen-bond acceptors (Lipinski definition) is 4. The number of carbonyl (C=O) groups is 3. The molecule has 0 aliphatic carbocycles. The van der Waals surface area contributed by atoms with Gasteiger partial charge in [0.15, 0.2) is 5.78 Å². The number of ketones is 1. The molecule has 0 bridgehead atoms. The highest BCUT2D eigenvalue weighted by atomic mass is 16.5. The minimum Gasteiger partial charge on any atom is -0.481 e. The molecule has 0 spiro atoms. The van der Waals surface area contributed by atoms with Gasteiger partial charge in [0.25, 0.3) is 5.91 Å². The van der Waals surface area contributed by atoms with Gasteiger partial charge in [-0.3, -0.25) is 14.4 Å². The number of anilines is 1. The van der Waals surface area contributed by atoms with Gasteiger partial charge in [0.2, 0.25) is 6.10 Å². The number of Topliss-reactive ketones (excluding diaryl/α,β-unsaturated/α-hetero) is 1. The van der Waals surface area contributed by atoms with Gasteiger partial charge in [0.1, 0.15) is 5.75 Å². The van der Waals surface area contributed by atoms with E-state index < -0.39 is 12.1 Å². The molecule has 0 fully saturated rings. The number of carbonyl (C=O) groups excluding carboxylic acids is 2. The molecular weight excluding hydrogens is 334 g/mol. The average molecular weight is 353 g/mol. The van der Waals surface area contributed by atoms with Crippen molar-refractivity contribution in [3.05, 3.63) is 59.7 Å². The standard InChI is InChI=1S/C20H19NO5/c1-2-16(22)14-8-9-17-15(12-14)21(11-10-18(23)24)20(25)19(26-17)13-6-4-3-5-7-13/h3-9,12,19H,2,10-11H2,1H3,(H,23,24). The summed E-state index contributed by atoms with van der Waals surface area (Å²) in [6.07, 6.45) is -0.696. The molecule has 0 saturated heterocycles. The second kappa shape index (κ2) is 7.39. The Labute approximate surface area is 151 Å². The number of rotatable bonds is 6. The second-order valence-electron chi connectivity index (χ2n) is 6.00. The highest BCUT2D eigenvalue weighted by molar-refractivity contribution is 6.03. The van der Waals surface area contributed by atoms with E-state index in [9.17, 15) is 14.4 Å². The Morgan fingerprint density at radius 2 is 1.88 bits per heavy atom. The summed E-state index contributed by atoms with van der Waals surface area (Å²) in [5.74, 6) is -0.936. The minimum absolute atomic E-state index is 0.0115. The van der Waals surface area contributed by atoms with Crippen molar-refractivity contribution in [3.8, 4) is 5.75 Å². The predicted molar refractivity (Wildman–Crippen MR) is 95.5 cm³/mol. The van der Waals surface area contributed by atoms with Crippen molar-refractivity contribution < 1.29 is 24.2 Å². The van der Waals surface area contributed by atoms with Crippen LogP contribution in [0.2, 0.25) is 0 Å². The number of amides is 1. The Bertz CT molecular complexity index is 847. The maximum Gasteiger partial charge on any atom is 0.305 e. The molecule has 0 saturated carbocycles. The number of nitrogens with zero attached hydrogens (tertiary/aromatic N) is 1. The summed E-state index contributed by atoms with van der Waals surface area (Å²) < 4.78 is 5.89. The summed E-state index contributed by atoms with van der Waals surface area (Å²) in [6, 6.07) is 14.0. The number of fused-ring (bicyclic) bond motifs is 1. The largest absolute Gasteiger partial charge is 0.481 e. The fourth-order valence-corrected chi connectivity index (χ4v) is 2.92. The van der Waals surface area contributed by atoms with Crippen LogP contribution >= 0.6 is 0 Å². The molecule has 0 radical (unpaired) electrons. The Morgan fingerprint density at radius 1 is 1.15 bits per heavy atom. The van der Waals surface area contributed by atoms with Gasteiger partial charge in [0.05, 0.1) is 12.1 Å². The van der Waals surface area contributed by atoms with E-state index in [2.05, 4.69) is 0 Å². The van der Waals surface area contributed by atoms with Gasteiger partial charge in [-0.2, -0.15) is 0 Å². The second-order valence-corrected chi connectivity index (χ2v) is 6.00. The van der Waals surface area contributed by atoms with Crippen LogP contribution < -0.4 is 9.64 Å². The monoisotopic (exact) mass is 353 g/mol. The molecule has 26 heavy (non-hydrogen) atoms. The van der Waals surface area contributed by atoms with Gasteiger partial charge in [-0.05, 0) is 18.2 Å². The molecule has 1 heterocycles. The average Bonchev–Trinajstić information content (AvgIpc) is 2.66. The lowest BCUT2D eigenvalue weighted by Crippen LogP contribution is -2.42. The van der Waals surface area contributed by atoms with Gasteiger partial charge >= 0.3 is 5.97 Å². The quantitative estimate of drug-likeness (QED) is 0.806. The number of carboxylic acids is 1. The number of benzene rings is 2. The number of ether oxygens (including phenoxy) is 1. The molecule has 2 aromatic rings. The highest BCUT2D eigenvalue weighted by Gasteiger charge is 2.36. The van der Waals surface area contributed by atoms with E-state index in [-0.39, 0.29) is 24.7 Å². The Kier molecular flexibility index (Phi) is 5.02. The van der Waals surface area contributed by atoms with Gasteiger partial charge < -0.3 is 14.7 Å².